The Bertz CT molecular complexity index is 968. The number of benzene rings is 1. The molecule has 1 aliphatic heterocycles. The smallest absolute Gasteiger partial charge is 0.282 e. The molecule has 1 aromatic heterocycles. The highest BCUT2D eigenvalue weighted by Crippen LogP contribution is 2.18. The minimum absolute atomic E-state index is 0.145. The highest BCUT2D eigenvalue weighted by molar-refractivity contribution is 6.03. The van der Waals surface area contributed by atoms with Crippen molar-refractivity contribution in [1.29, 1.82) is 0 Å². The summed E-state index contributed by atoms with van der Waals surface area (Å²) < 4.78 is 47.0. The van der Waals surface area contributed by atoms with Crippen molar-refractivity contribution < 1.29 is 27.4 Å². The van der Waals surface area contributed by atoms with Gasteiger partial charge in [0.05, 0.1) is 6.61 Å². The predicted molar refractivity (Wildman–Crippen MR) is 124 cm³/mol. The zero-order valence-electron chi connectivity index (χ0n) is 18.9. The Morgan fingerprint density at radius 1 is 1.32 bits per heavy atom. The van der Waals surface area contributed by atoms with Crippen LogP contribution in [0.3, 0.4) is 0 Å². The molecule has 3 rings (SSSR count). The van der Waals surface area contributed by atoms with E-state index in [1.807, 2.05) is 6.07 Å². The van der Waals surface area contributed by atoms with Crippen LogP contribution in [0.25, 0.3) is 0 Å². The molecule has 34 heavy (non-hydrogen) atoms. The second-order valence-electron chi connectivity index (χ2n) is 6.97. The van der Waals surface area contributed by atoms with E-state index >= 15 is 0 Å². The van der Waals surface area contributed by atoms with Gasteiger partial charge < -0.3 is 26.3 Å². The number of nitrogens with zero attached hydrogens (tertiary/aromatic N) is 2. The number of hydrogen-bond donors (Lipinski definition) is 3. The Hall–Kier alpha value is -3.62. The summed E-state index contributed by atoms with van der Waals surface area (Å²) in [6, 6.07) is 6.15. The van der Waals surface area contributed by atoms with Gasteiger partial charge in [0, 0.05) is 32.0 Å². The maximum atomic E-state index is 12.8. The summed E-state index contributed by atoms with van der Waals surface area (Å²) >= 11 is 0. The van der Waals surface area contributed by atoms with Gasteiger partial charge in [-0.05, 0) is 42.3 Å². The SMILES string of the molecule is C#C.COC[C@@H]1CC(C(F)F)N=C(N)O1.Cc1cc(CN)cnc1C(=O)Nc1ccc(F)cc1. The number of methoxy groups -OCH3 is 1. The molecule has 0 aliphatic carbocycles. The normalized spacial score (nSPS) is 16.7. The predicted octanol–water partition coefficient (Wildman–Crippen LogP) is 2.86. The van der Waals surface area contributed by atoms with Crippen LogP contribution in [0.15, 0.2) is 41.5 Å². The van der Waals surface area contributed by atoms with E-state index in [0.29, 0.717) is 17.9 Å². The van der Waals surface area contributed by atoms with Crippen molar-refractivity contribution in [3.8, 4) is 12.8 Å². The molecule has 1 aliphatic rings. The van der Waals surface area contributed by atoms with Crippen LogP contribution in [0.5, 0.6) is 0 Å². The number of carbonyl (C=O) groups excluding carboxylic acids is 1. The number of amides is 1. The first-order valence-corrected chi connectivity index (χ1v) is 10.1. The number of aliphatic imine (C=N–C) groups is 1. The molecule has 1 aromatic carbocycles. The molecule has 184 valence electrons. The number of hydrogen-bond acceptors (Lipinski definition) is 7. The first-order chi connectivity index (χ1) is 16.2. The van der Waals surface area contributed by atoms with Crippen LogP contribution in [0.4, 0.5) is 18.9 Å². The number of aryl methyl sites for hydroxylation is 1. The molecule has 0 fully saturated rings. The van der Waals surface area contributed by atoms with Gasteiger partial charge in [0.1, 0.15) is 23.7 Å². The van der Waals surface area contributed by atoms with Crippen molar-refractivity contribution >= 4 is 17.6 Å². The molecule has 8 nitrogen and oxygen atoms in total. The fourth-order valence-electron chi connectivity index (χ4n) is 2.89. The maximum absolute atomic E-state index is 12.8. The van der Waals surface area contributed by atoms with Crippen molar-refractivity contribution in [2.45, 2.75) is 38.5 Å². The summed E-state index contributed by atoms with van der Waals surface area (Å²) in [4.78, 5) is 19.6. The van der Waals surface area contributed by atoms with Crippen LogP contribution in [-0.4, -0.2) is 49.2 Å². The van der Waals surface area contributed by atoms with Gasteiger partial charge >= 0.3 is 0 Å². The van der Waals surface area contributed by atoms with Gasteiger partial charge in [-0.15, -0.1) is 12.8 Å². The number of anilines is 1. The molecule has 0 spiro atoms. The summed E-state index contributed by atoms with van der Waals surface area (Å²) in [5.74, 6) is -0.674. The quantitative estimate of drug-likeness (QED) is 0.547. The van der Waals surface area contributed by atoms with Gasteiger partial charge in [-0.2, -0.15) is 0 Å². The van der Waals surface area contributed by atoms with Gasteiger partial charge in [-0.3, -0.25) is 9.78 Å². The lowest BCUT2D eigenvalue weighted by Crippen LogP contribution is -2.38. The highest BCUT2D eigenvalue weighted by atomic mass is 19.3. The summed E-state index contributed by atoms with van der Waals surface area (Å²) in [7, 11) is 1.47. The van der Waals surface area contributed by atoms with Crippen molar-refractivity contribution in [1.82, 2.24) is 4.98 Å². The Morgan fingerprint density at radius 2 is 1.97 bits per heavy atom. The third-order valence-corrected chi connectivity index (χ3v) is 4.42. The molecule has 2 aromatic rings. The van der Waals surface area contributed by atoms with Gasteiger partial charge in [-0.1, -0.05) is 6.07 Å². The van der Waals surface area contributed by atoms with Crippen LogP contribution < -0.4 is 16.8 Å². The van der Waals surface area contributed by atoms with Gasteiger partial charge in [0.25, 0.3) is 18.4 Å². The van der Waals surface area contributed by atoms with Gasteiger partial charge in [0.2, 0.25) is 0 Å². The summed E-state index contributed by atoms with van der Waals surface area (Å²) in [5.41, 5.74) is 13.2. The average molecular weight is 480 g/mol. The zero-order valence-corrected chi connectivity index (χ0v) is 18.9. The summed E-state index contributed by atoms with van der Waals surface area (Å²) in [6.45, 7) is 2.43. The zero-order chi connectivity index (χ0) is 25.7. The van der Waals surface area contributed by atoms with Crippen molar-refractivity contribution in [3.63, 3.8) is 0 Å². The number of nitrogens with two attached hydrogens (primary N) is 2. The minimum Gasteiger partial charge on any atom is -0.460 e. The standard InChI is InChI=1S/C14H14FN3O.C7H12F2N2O2.C2H2/c1-9-6-10(7-16)8-17-13(9)14(19)18-12-4-2-11(15)3-5-12;1-12-3-4-2-5(6(8)9)11-7(10)13-4;1-2/h2-6,8H,7,16H2,1H3,(H,18,19);4-6H,2-3H2,1H3,(H2,10,11);1-2H/t;4-,5?;/m.0./s1. The van der Waals surface area contributed by atoms with E-state index in [9.17, 15) is 18.0 Å². The number of rotatable bonds is 6. The molecule has 0 bridgehead atoms. The molecule has 2 heterocycles. The fourth-order valence-corrected chi connectivity index (χ4v) is 2.89. The number of ether oxygens (including phenoxy) is 2. The van der Waals surface area contributed by atoms with E-state index in [4.69, 9.17) is 20.9 Å². The number of carbonyl (C=O) groups is 1. The molecule has 1 unspecified atom stereocenters. The lowest BCUT2D eigenvalue weighted by atomic mass is 10.1. The number of pyridine rings is 1. The van der Waals surface area contributed by atoms with E-state index in [1.165, 1.54) is 31.4 Å². The Labute approximate surface area is 196 Å². The number of nitrogens with one attached hydrogen (secondary N) is 1. The summed E-state index contributed by atoms with van der Waals surface area (Å²) in [6.07, 6.45) is 6.81. The maximum Gasteiger partial charge on any atom is 0.282 e. The first kappa shape index (κ1) is 28.4. The highest BCUT2D eigenvalue weighted by Gasteiger charge is 2.29. The molecule has 1 amide bonds. The fraction of sp³-hybridized carbons (Fsp3) is 0.348. The van der Waals surface area contributed by atoms with Crippen molar-refractivity contribution in [3.05, 3.63) is 59.2 Å². The Balaban J connectivity index is 0.000000337. The van der Waals surface area contributed by atoms with E-state index in [0.717, 1.165) is 11.1 Å². The second-order valence-corrected chi connectivity index (χ2v) is 6.97. The second kappa shape index (κ2) is 14.5. The molecular weight excluding hydrogens is 451 g/mol. The third-order valence-electron chi connectivity index (χ3n) is 4.42. The van der Waals surface area contributed by atoms with E-state index in [2.05, 4.69) is 28.1 Å². The van der Waals surface area contributed by atoms with Crippen LogP contribution in [0.2, 0.25) is 0 Å². The number of terminal acetylenes is 1. The Morgan fingerprint density at radius 3 is 2.50 bits per heavy atom. The summed E-state index contributed by atoms with van der Waals surface area (Å²) in [5, 5.41) is 2.66. The number of halogens is 3. The molecule has 0 saturated heterocycles. The first-order valence-electron chi connectivity index (χ1n) is 10.1. The van der Waals surface area contributed by atoms with Crippen molar-refractivity contribution in [2.24, 2.45) is 16.5 Å². The van der Waals surface area contributed by atoms with Crippen LogP contribution in [0, 0.1) is 25.6 Å². The lowest BCUT2D eigenvalue weighted by molar-refractivity contribution is 0.0232. The van der Waals surface area contributed by atoms with E-state index in [1.54, 1.807) is 13.1 Å². The monoisotopic (exact) mass is 479 g/mol. The van der Waals surface area contributed by atoms with Gasteiger partial charge in [-0.25, -0.2) is 18.2 Å². The van der Waals surface area contributed by atoms with E-state index in [-0.39, 0.29) is 30.8 Å². The molecule has 11 heteroatoms. The third kappa shape index (κ3) is 9.09. The Kier molecular flexibility index (Phi) is 12.1. The van der Waals surface area contributed by atoms with Crippen LogP contribution >= 0.6 is 0 Å². The molecular formula is C23H28F3N5O3. The number of aromatic nitrogens is 1. The van der Waals surface area contributed by atoms with Crippen LogP contribution in [-0.2, 0) is 16.0 Å². The largest absolute Gasteiger partial charge is 0.460 e. The van der Waals surface area contributed by atoms with Crippen LogP contribution in [0.1, 0.15) is 28.0 Å². The average Bonchev–Trinajstić information content (AvgIpc) is 2.82. The van der Waals surface area contributed by atoms with E-state index < -0.39 is 18.6 Å². The number of alkyl halides is 2. The van der Waals surface area contributed by atoms with Crippen molar-refractivity contribution in [2.75, 3.05) is 19.0 Å². The molecule has 2 atom stereocenters. The minimum atomic E-state index is -2.50. The molecule has 0 radical (unpaired) electrons. The molecule has 5 N–H and O–H groups in total. The topological polar surface area (TPSA) is 125 Å². The lowest BCUT2D eigenvalue weighted by Gasteiger charge is -2.25. The molecule has 0 saturated carbocycles. The number of amidine groups is 1. The van der Waals surface area contributed by atoms with Gasteiger partial charge in [0.15, 0.2) is 0 Å².